The quantitative estimate of drug-likeness (QED) is 0.753. The topological polar surface area (TPSA) is 40.9 Å². The molecule has 0 fully saturated rings. The van der Waals surface area contributed by atoms with Gasteiger partial charge in [0.25, 0.3) is 0 Å². The number of ketones is 1. The predicted molar refractivity (Wildman–Crippen MR) is 64.5 cm³/mol. The van der Waals surface area contributed by atoms with Crippen LogP contribution in [0.3, 0.4) is 0 Å². The van der Waals surface area contributed by atoms with E-state index < -0.39 is 5.41 Å². The number of aryl methyl sites for hydroxylation is 1. The van der Waals surface area contributed by atoms with Crippen molar-refractivity contribution in [3.63, 3.8) is 0 Å². The van der Waals surface area contributed by atoms with Crippen LogP contribution in [0.15, 0.2) is 24.3 Å². The number of hydrogen-bond acceptors (Lipinski definition) is 2. The zero-order chi connectivity index (χ0) is 12.2. The van der Waals surface area contributed by atoms with E-state index in [1.807, 2.05) is 31.2 Å². The second-order valence-electron chi connectivity index (χ2n) is 4.09. The predicted octanol–water partition coefficient (Wildman–Crippen LogP) is 2.97. The molecule has 3 heteroatoms. The highest BCUT2D eigenvalue weighted by Crippen LogP contribution is 2.29. The number of carbonyl (C=O) groups excluding carboxylic acids is 1. The molecule has 0 spiro atoms. The summed E-state index contributed by atoms with van der Waals surface area (Å²) in [5.41, 5.74) is 1.14. The van der Waals surface area contributed by atoms with Crippen molar-refractivity contribution >= 4 is 17.4 Å². The first-order valence-electron chi connectivity index (χ1n) is 5.08. The normalized spacial score (nSPS) is 13.9. The maximum atomic E-state index is 11.9. The Morgan fingerprint density at radius 1 is 1.56 bits per heavy atom. The number of rotatable bonds is 4. The molecule has 1 aromatic rings. The maximum absolute atomic E-state index is 11.9. The second kappa shape index (κ2) is 5.14. The van der Waals surface area contributed by atoms with Crippen molar-refractivity contribution in [3.8, 4) is 6.07 Å². The molecular weight excluding hydrogens is 222 g/mol. The molecule has 0 heterocycles. The van der Waals surface area contributed by atoms with Gasteiger partial charge in [0.2, 0.25) is 0 Å². The Morgan fingerprint density at radius 2 is 2.25 bits per heavy atom. The summed E-state index contributed by atoms with van der Waals surface area (Å²) < 4.78 is 0. The standard InChI is InChI=1S/C13H14ClNO/c1-10-4-3-5-11(8-10)13(2,6-7-15)12(16)9-14/h3-5,8H,6,9H2,1-2H3. The van der Waals surface area contributed by atoms with E-state index in [4.69, 9.17) is 16.9 Å². The molecule has 0 radical (unpaired) electrons. The fourth-order valence-corrected chi connectivity index (χ4v) is 1.95. The monoisotopic (exact) mass is 235 g/mol. The number of nitriles is 1. The molecule has 0 N–H and O–H groups in total. The van der Waals surface area contributed by atoms with Gasteiger partial charge in [-0.3, -0.25) is 4.79 Å². The summed E-state index contributed by atoms with van der Waals surface area (Å²) in [4.78, 5) is 11.9. The molecule has 0 bridgehead atoms. The van der Waals surface area contributed by atoms with Gasteiger partial charge in [-0.15, -0.1) is 11.6 Å². The number of benzene rings is 1. The molecule has 16 heavy (non-hydrogen) atoms. The molecule has 0 aliphatic rings. The largest absolute Gasteiger partial charge is 0.297 e. The molecule has 0 aromatic heterocycles. The highest BCUT2D eigenvalue weighted by Gasteiger charge is 2.34. The maximum Gasteiger partial charge on any atom is 0.158 e. The fourth-order valence-electron chi connectivity index (χ4n) is 1.66. The summed E-state index contributed by atoms with van der Waals surface area (Å²) in [6.45, 7) is 3.73. The number of hydrogen-bond donors (Lipinski definition) is 0. The fraction of sp³-hybridized carbons (Fsp3) is 0.385. The summed E-state index contributed by atoms with van der Waals surface area (Å²) >= 11 is 5.60. The lowest BCUT2D eigenvalue weighted by atomic mass is 9.76. The van der Waals surface area contributed by atoms with Gasteiger partial charge in [-0.2, -0.15) is 5.26 Å². The average Bonchev–Trinajstić information content (AvgIpc) is 2.28. The number of nitrogens with zero attached hydrogens (tertiary/aromatic N) is 1. The highest BCUT2D eigenvalue weighted by molar-refractivity contribution is 6.29. The second-order valence-corrected chi connectivity index (χ2v) is 4.36. The molecule has 0 saturated heterocycles. The first-order chi connectivity index (χ1) is 7.54. The molecule has 1 aromatic carbocycles. The van der Waals surface area contributed by atoms with Crippen molar-refractivity contribution in [3.05, 3.63) is 35.4 Å². The van der Waals surface area contributed by atoms with E-state index in [-0.39, 0.29) is 18.1 Å². The van der Waals surface area contributed by atoms with Crippen molar-refractivity contribution in [2.75, 3.05) is 5.88 Å². The molecule has 1 atom stereocenters. The summed E-state index contributed by atoms with van der Waals surface area (Å²) in [5.74, 6) is -0.173. The van der Waals surface area contributed by atoms with Gasteiger partial charge >= 0.3 is 0 Å². The van der Waals surface area contributed by atoms with Gasteiger partial charge in [0.05, 0.1) is 23.8 Å². The Labute approximate surface area is 101 Å². The lowest BCUT2D eigenvalue weighted by Crippen LogP contribution is -2.33. The zero-order valence-electron chi connectivity index (χ0n) is 9.46. The minimum atomic E-state index is -0.789. The Morgan fingerprint density at radius 3 is 2.75 bits per heavy atom. The van der Waals surface area contributed by atoms with Crippen LogP contribution in [0.25, 0.3) is 0 Å². The van der Waals surface area contributed by atoms with Crippen LogP contribution in [0, 0.1) is 18.3 Å². The van der Waals surface area contributed by atoms with E-state index in [0.29, 0.717) is 0 Å². The third kappa shape index (κ3) is 2.43. The number of alkyl halides is 1. The van der Waals surface area contributed by atoms with Crippen LogP contribution in [-0.4, -0.2) is 11.7 Å². The van der Waals surface area contributed by atoms with Crippen LogP contribution in [0.2, 0.25) is 0 Å². The molecule has 0 amide bonds. The van der Waals surface area contributed by atoms with Crippen LogP contribution in [0.4, 0.5) is 0 Å². The summed E-state index contributed by atoms with van der Waals surface area (Å²) in [6.07, 6.45) is 0.155. The van der Waals surface area contributed by atoms with Gasteiger partial charge in [0.1, 0.15) is 0 Å². The van der Waals surface area contributed by atoms with Crippen LogP contribution in [0.1, 0.15) is 24.5 Å². The molecule has 84 valence electrons. The van der Waals surface area contributed by atoms with Crippen molar-refractivity contribution in [2.45, 2.75) is 25.7 Å². The van der Waals surface area contributed by atoms with Crippen LogP contribution >= 0.6 is 11.6 Å². The number of carbonyl (C=O) groups is 1. The lowest BCUT2D eigenvalue weighted by Gasteiger charge is -2.25. The zero-order valence-corrected chi connectivity index (χ0v) is 10.2. The van der Waals surface area contributed by atoms with Crippen molar-refractivity contribution < 1.29 is 4.79 Å². The van der Waals surface area contributed by atoms with Crippen LogP contribution in [-0.2, 0) is 10.2 Å². The van der Waals surface area contributed by atoms with E-state index in [1.54, 1.807) is 6.92 Å². The first kappa shape index (κ1) is 12.7. The summed E-state index contributed by atoms with van der Waals surface area (Å²) in [6, 6.07) is 9.71. The smallest absolute Gasteiger partial charge is 0.158 e. The average molecular weight is 236 g/mol. The van der Waals surface area contributed by atoms with Gasteiger partial charge in [0, 0.05) is 0 Å². The van der Waals surface area contributed by atoms with E-state index in [1.165, 1.54) is 0 Å². The van der Waals surface area contributed by atoms with Gasteiger partial charge in [-0.1, -0.05) is 29.8 Å². The van der Waals surface area contributed by atoms with Crippen molar-refractivity contribution in [1.82, 2.24) is 0 Å². The SMILES string of the molecule is Cc1cccc(C(C)(CC#N)C(=O)CCl)c1. The Balaban J connectivity index is 3.22. The summed E-state index contributed by atoms with van der Waals surface area (Å²) in [5, 5.41) is 8.83. The number of Topliss-reactive ketones (excluding diaryl/α,β-unsaturated/α-hetero) is 1. The molecular formula is C13H14ClNO. The van der Waals surface area contributed by atoms with Crippen molar-refractivity contribution in [2.24, 2.45) is 0 Å². The Kier molecular flexibility index (Phi) is 4.09. The molecule has 0 aliphatic heterocycles. The lowest BCUT2D eigenvalue weighted by molar-refractivity contribution is -0.121. The van der Waals surface area contributed by atoms with E-state index >= 15 is 0 Å². The third-order valence-corrected chi connectivity index (χ3v) is 3.07. The third-order valence-electron chi connectivity index (χ3n) is 2.82. The van der Waals surface area contributed by atoms with E-state index in [0.717, 1.165) is 11.1 Å². The van der Waals surface area contributed by atoms with Gasteiger partial charge in [-0.25, -0.2) is 0 Å². The molecule has 0 aliphatic carbocycles. The Hall–Kier alpha value is -1.33. The van der Waals surface area contributed by atoms with Crippen molar-refractivity contribution in [1.29, 1.82) is 5.26 Å². The minimum Gasteiger partial charge on any atom is -0.297 e. The molecule has 0 saturated carbocycles. The van der Waals surface area contributed by atoms with Gasteiger partial charge < -0.3 is 0 Å². The molecule has 1 rings (SSSR count). The highest BCUT2D eigenvalue weighted by atomic mass is 35.5. The van der Waals surface area contributed by atoms with Gasteiger partial charge in [0.15, 0.2) is 5.78 Å². The van der Waals surface area contributed by atoms with Crippen LogP contribution < -0.4 is 0 Å². The minimum absolute atomic E-state index is 0.0634. The molecule has 1 unspecified atom stereocenters. The molecule has 2 nitrogen and oxygen atoms in total. The van der Waals surface area contributed by atoms with Gasteiger partial charge in [-0.05, 0) is 19.4 Å². The van der Waals surface area contributed by atoms with E-state index in [2.05, 4.69) is 6.07 Å². The van der Waals surface area contributed by atoms with E-state index in [9.17, 15) is 4.79 Å². The Bertz CT molecular complexity index is 436. The summed E-state index contributed by atoms with van der Waals surface area (Å²) in [7, 11) is 0. The number of halogens is 1. The van der Waals surface area contributed by atoms with Crippen LogP contribution in [0.5, 0.6) is 0 Å². The first-order valence-corrected chi connectivity index (χ1v) is 5.61.